The van der Waals surface area contributed by atoms with E-state index in [1.807, 2.05) is 60.7 Å². The lowest BCUT2D eigenvalue weighted by Crippen LogP contribution is -2.00. The first-order chi connectivity index (χ1) is 28.7. The molecule has 12 aromatic rings. The Balaban J connectivity index is 0.965. The molecule has 0 amide bonds. The molecule has 3 aromatic heterocycles. The van der Waals surface area contributed by atoms with Gasteiger partial charge in [-0.3, -0.25) is 0 Å². The fourth-order valence-electron chi connectivity index (χ4n) is 8.49. The van der Waals surface area contributed by atoms with Crippen LogP contribution >= 0.6 is 0 Å². The Bertz CT molecular complexity index is 3570. The first-order valence-electron chi connectivity index (χ1n) is 19.4. The third-order valence-corrected chi connectivity index (χ3v) is 11.3. The summed E-state index contributed by atoms with van der Waals surface area (Å²) < 4.78 is 12.9. The van der Waals surface area contributed by atoms with Gasteiger partial charge in [0.25, 0.3) is 0 Å². The molecule has 0 fully saturated rings. The molecule has 0 saturated heterocycles. The third kappa shape index (κ3) is 5.21. The summed E-state index contributed by atoms with van der Waals surface area (Å²) in [7, 11) is 0. The molecule has 0 N–H and O–H groups in total. The smallest absolute Gasteiger partial charge is 0.167 e. The molecule has 0 spiro atoms. The van der Waals surface area contributed by atoms with E-state index in [4.69, 9.17) is 23.8 Å². The predicted molar refractivity (Wildman–Crippen MR) is 237 cm³/mol. The molecule has 0 saturated carbocycles. The van der Waals surface area contributed by atoms with Gasteiger partial charge in [0.2, 0.25) is 0 Å². The van der Waals surface area contributed by atoms with Crippen LogP contribution in [-0.4, -0.2) is 15.0 Å². The maximum absolute atomic E-state index is 6.45. The van der Waals surface area contributed by atoms with Gasteiger partial charge in [0, 0.05) is 32.7 Å². The fraction of sp³-hybridized carbons (Fsp3) is 0. The highest BCUT2D eigenvalue weighted by atomic mass is 16.3. The molecule has 0 aliphatic heterocycles. The molecule has 3 heterocycles. The van der Waals surface area contributed by atoms with Gasteiger partial charge >= 0.3 is 0 Å². The van der Waals surface area contributed by atoms with Crippen LogP contribution in [0.15, 0.2) is 197 Å². The minimum atomic E-state index is 0.558. The number of aromatic nitrogens is 3. The molecule has 9 aromatic carbocycles. The van der Waals surface area contributed by atoms with E-state index in [9.17, 15) is 0 Å². The third-order valence-electron chi connectivity index (χ3n) is 11.3. The van der Waals surface area contributed by atoms with E-state index < -0.39 is 0 Å². The molecular formula is C53H31N3O2. The SMILES string of the molecule is c1ccc(-c2nc(-c3ccc(-c4cccc5oc6ccc(-c7ccc8ccc9ccccc9c8c7)cc6c45)cc3)nc(-c3cccc4c3oc3ccccc34)n2)cc1. The first kappa shape index (κ1) is 32.4. The van der Waals surface area contributed by atoms with Crippen LogP contribution in [0.4, 0.5) is 0 Å². The van der Waals surface area contributed by atoms with Gasteiger partial charge in [-0.2, -0.15) is 0 Å². The summed E-state index contributed by atoms with van der Waals surface area (Å²) in [5, 5.41) is 9.25. The van der Waals surface area contributed by atoms with Crippen LogP contribution in [-0.2, 0) is 0 Å². The van der Waals surface area contributed by atoms with E-state index in [2.05, 4.69) is 127 Å². The number of furan rings is 2. The molecule has 0 bridgehead atoms. The lowest BCUT2D eigenvalue weighted by molar-refractivity contribution is 0.669. The van der Waals surface area contributed by atoms with Crippen molar-refractivity contribution in [1.82, 2.24) is 15.0 Å². The topological polar surface area (TPSA) is 65.0 Å². The summed E-state index contributed by atoms with van der Waals surface area (Å²) in [4.78, 5) is 15.1. The maximum atomic E-state index is 6.45. The van der Waals surface area contributed by atoms with Gasteiger partial charge in [-0.25, -0.2) is 15.0 Å². The number of benzene rings is 9. The van der Waals surface area contributed by atoms with Crippen LogP contribution in [0.3, 0.4) is 0 Å². The monoisotopic (exact) mass is 741 g/mol. The molecule has 0 aliphatic rings. The molecule has 0 aliphatic carbocycles. The standard InChI is InChI=1S/C53H31N3O2/c1-2-11-35(12-3-1)51-54-52(56-53(55-51)43-17-8-16-42-41-14-6-7-18-46(41)58-50(42)43)36-25-22-33(23-26-36)40-15-9-19-48-49(40)45-31-38(28-29-47(45)57-48)37-27-24-34-21-20-32-10-4-5-13-39(32)44(34)30-37/h1-31H. The van der Waals surface area contributed by atoms with Crippen molar-refractivity contribution in [3.8, 4) is 56.4 Å². The summed E-state index contributed by atoms with van der Waals surface area (Å²) in [6, 6.07) is 65.3. The van der Waals surface area contributed by atoms with Crippen molar-refractivity contribution in [2.45, 2.75) is 0 Å². The number of para-hydroxylation sites is 2. The average molecular weight is 742 g/mol. The van der Waals surface area contributed by atoms with Gasteiger partial charge in [0.05, 0.1) is 5.56 Å². The minimum absolute atomic E-state index is 0.558. The molecule has 58 heavy (non-hydrogen) atoms. The van der Waals surface area contributed by atoms with Gasteiger partial charge in [0.1, 0.15) is 22.3 Å². The van der Waals surface area contributed by atoms with Crippen molar-refractivity contribution in [3.05, 3.63) is 188 Å². The largest absolute Gasteiger partial charge is 0.456 e. The number of hydrogen-bond acceptors (Lipinski definition) is 5. The second kappa shape index (κ2) is 12.8. The highest BCUT2D eigenvalue weighted by molar-refractivity contribution is 6.14. The number of nitrogens with zero attached hydrogens (tertiary/aromatic N) is 3. The molecule has 5 heteroatoms. The van der Waals surface area contributed by atoms with E-state index in [0.29, 0.717) is 17.5 Å². The summed E-state index contributed by atoms with van der Waals surface area (Å²) >= 11 is 0. The van der Waals surface area contributed by atoms with Crippen molar-refractivity contribution in [2.24, 2.45) is 0 Å². The summed E-state index contributed by atoms with van der Waals surface area (Å²) in [5.41, 5.74) is 10.4. The second-order valence-corrected chi connectivity index (χ2v) is 14.7. The molecule has 0 atom stereocenters. The van der Waals surface area contributed by atoms with E-state index in [1.54, 1.807) is 0 Å². The number of fused-ring (bicyclic) bond motifs is 9. The Morgan fingerprint density at radius 3 is 1.69 bits per heavy atom. The number of hydrogen-bond donors (Lipinski definition) is 0. The van der Waals surface area contributed by atoms with Crippen LogP contribution in [0.5, 0.6) is 0 Å². The Labute approximate surface area is 332 Å². The highest BCUT2D eigenvalue weighted by Crippen LogP contribution is 2.40. The molecular weight excluding hydrogens is 711 g/mol. The highest BCUT2D eigenvalue weighted by Gasteiger charge is 2.19. The van der Waals surface area contributed by atoms with Gasteiger partial charge in [-0.05, 0) is 80.2 Å². The molecule has 0 unspecified atom stereocenters. The van der Waals surface area contributed by atoms with Crippen molar-refractivity contribution in [1.29, 1.82) is 0 Å². The fourth-order valence-corrected chi connectivity index (χ4v) is 8.49. The second-order valence-electron chi connectivity index (χ2n) is 14.7. The average Bonchev–Trinajstić information content (AvgIpc) is 3.87. The van der Waals surface area contributed by atoms with Crippen LogP contribution in [0, 0.1) is 0 Å². The van der Waals surface area contributed by atoms with Crippen molar-refractivity contribution in [3.63, 3.8) is 0 Å². The summed E-state index contributed by atoms with van der Waals surface area (Å²) in [6.07, 6.45) is 0. The van der Waals surface area contributed by atoms with Crippen molar-refractivity contribution < 1.29 is 8.83 Å². The zero-order valence-electron chi connectivity index (χ0n) is 31.1. The Morgan fingerprint density at radius 1 is 0.293 bits per heavy atom. The van der Waals surface area contributed by atoms with Gasteiger partial charge in [0.15, 0.2) is 17.5 Å². The molecule has 5 nitrogen and oxygen atoms in total. The van der Waals surface area contributed by atoms with E-state index in [-0.39, 0.29) is 0 Å². The normalized spacial score (nSPS) is 11.8. The van der Waals surface area contributed by atoms with E-state index in [1.165, 1.54) is 27.1 Å². The zero-order valence-corrected chi connectivity index (χ0v) is 31.1. The van der Waals surface area contributed by atoms with E-state index in [0.717, 1.165) is 77.3 Å². The maximum Gasteiger partial charge on any atom is 0.167 e. The lowest BCUT2D eigenvalue weighted by atomic mass is 9.95. The van der Waals surface area contributed by atoms with Crippen LogP contribution in [0.1, 0.15) is 0 Å². The van der Waals surface area contributed by atoms with Crippen LogP contribution in [0.2, 0.25) is 0 Å². The summed E-state index contributed by atoms with van der Waals surface area (Å²) in [5.74, 6) is 1.74. The minimum Gasteiger partial charge on any atom is -0.456 e. The zero-order chi connectivity index (χ0) is 38.2. The van der Waals surface area contributed by atoms with Crippen molar-refractivity contribution in [2.75, 3.05) is 0 Å². The number of rotatable bonds is 5. The van der Waals surface area contributed by atoms with Crippen LogP contribution in [0.25, 0.3) is 122 Å². The summed E-state index contributed by atoms with van der Waals surface area (Å²) in [6.45, 7) is 0. The predicted octanol–water partition coefficient (Wildman–Crippen LogP) is 14.3. The Kier molecular flexibility index (Phi) is 7.16. The molecule has 270 valence electrons. The first-order valence-corrected chi connectivity index (χ1v) is 19.4. The van der Waals surface area contributed by atoms with Crippen molar-refractivity contribution >= 4 is 65.4 Å². The Hall–Kier alpha value is -7.89. The van der Waals surface area contributed by atoms with Gasteiger partial charge < -0.3 is 8.83 Å². The molecule has 0 radical (unpaired) electrons. The Morgan fingerprint density at radius 2 is 0.845 bits per heavy atom. The van der Waals surface area contributed by atoms with Gasteiger partial charge in [-0.1, -0.05) is 152 Å². The van der Waals surface area contributed by atoms with E-state index >= 15 is 0 Å². The lowest BCUT2D eigenvalue weighted by Gasteiger charge is -2.10. The molecule has 12 rings (SSSR count). The quantitative estimate of drug-likeness (QED) is 0.164. The van der Waals surface area contributed by atoms with Crippen LogP contribution < -0.4 is 0 Å². The van der Waals surface area contributed by atoms with Gasteiger partial charge in [-0.15, -0.1) is 0 Å².